The number of nitrogens with zero attached hydrogens (tertiary/aromatic N) is 2. The monoisotopic (exact) mass is 223 g/mol. The standard InChI is InChI=1S/C12H21N3O/c1-11(2)10-16-8-4-5-13-9-12-14-6-3-7-15-12/h3,6-7,11,13H,4-5,8-10H2,1-2H3. The van der Waals surface area contributed by atoms with Crippen LogP contribution in [0.2, 0.25) is 0 Å². The van der Waals surface area contributed by atoms with Crippen molar-refractivity contribution in [2.75, 3.05) is 19.8 Å². The summed E-state index contributed by atoms with van der Waals surface area (Å²) < 4.78 is 5.48. The van der Waals surface area contributed by atoms with Crippen molar-refractivity contribution in [3.8, 4) is 0 Å². The second-order valence-corrected chi connectivity index (χ2v) is 4.16. The summed E-state index contributed by atoms with van der Waals surface area (Å²) in [7, 11) is 0. The molecule has 0 fully saturated rings. The summed E-state index contributed by atoms with van der Waals surface area (Å²) in [5.41, 5.74) is 0. The first kappa shape index (κ1) is 13.1. The quantitative estimate of drug-likeness (QED) is 0.680. The Morgan fingerprint density at radius 1 is 1.31 bits per heavy atom. The van der Waals surface area contributed by atoms with Crippen molar-refractivity contribution in [2.24, 2.45) is 5.92 Å². The topological polar surface area (TPSA) is 47.0 Å². The molecular formula is C12H21N3O. The molecule has 0 saturated carbocycles. The van der Waals surface area contributed by atoms with Crippen LogP contribution in [-0.2, 0) is 11.3 Å². The SMILES string of the molecule is CC(C)COCCCNCc1ncccn1. The van der Waals surface area contributed by atoms with Crippen LogP contribution in [0.3, 0.4) is 0 Å². The highest BCUT2D eigenvalue weighted by Crippen LogP contribution is 1.93. The summed E-state index contributed by atoms with van der Waals surface area (Å²) in [6, 6.07) is 1.82. The molecule has 0 amide bonds. The predicted molar refractivity (Wildman–Crippen MR) is 64.0 cm³/mol. The lowest BCUT2D eigenvalue weighted by molar-refractivity contribution is 0.108. The number of hydrogen-bond acceptors (Lipinski definition) is 4. The average Bonchev–Trinajstić information content (AvgIpc) is 2.29. The molecule has 1 aromatic rings. The van der Waals surface area contributed by atoms with Gasteiger partial charge in [0.1, 0.15) is 5.82 Å². The minimum atomic E-state index is 0.616. The second kappa shape index (κ2) is 8.19. The van der Waals surface area contributed by atoms with Crippen LogP contribution in [0.25, 0.3) is 0 Å². The van der Waals surface area contributed by atoms with Crippen molar-refractivity contribution in [3.05, 3.63) is 24.3 Å². The molecule has 4 nitrogen and oxygen atoms in total. The van der Waals surface area contributed by atoms with Gasteiger partial charge in [0.2, 0.25) is 0 Å². The summed E-state index contributed by atoms with van der Waals surface area (Å²) in [5, 5.41) is 3.28. The largest absolute Gasteiger partial charge is 0.381 e. The maximum atomic E-state index is 5.48. The van der Waals surface area contributed by atoms with Gasteiger partial charge < -0.3 is 10.1 Å². The molecule has 0 unspecified atom stereocenters. The Morgan fingerprint density at radius 2 is 2.06 bits per heavy atom. The van der Waals surface area contributed by atoms with Crippen molar-refractivity contribution < 1.29 is 4.74 Å². The molecule has 0 radical (unpaired) electrons. The molecule has 1 heterocycles. The molecule has 0 aliphatic carbocycles. The fourth-order valence-corrected chi connectivity index (χ4v) is 1.24. The first-order valence-electron chi connectivity index (χ1n) is 5.83. The van der Waals surface area contributed by atoms with E-state index in [-0.39, 0.29) is 0 Å². The van der Waals surface area contributed by atoms with Crippen molar-refractivity contribution in [1.29, 1.82) is 0 Å². The Bertz CT molecular complexity index is 264. The van der Waals surface area contributed by atoms with Crippen LogP contribution >= 0.6 is 0 Å². The first-order valence-corrected chi connectivity index (χ1v) is 5.83. The van der Waals surface area contributed by atoms with E-state index in [4.69, 9.17) is 4.74 Å². The molecule has 16 heavy (non-hydrogen) atoms. The minimum absolute atomic E-state index is 0.616. The third-order valence-corrected chi connectivity index (χ3v) is 2.00. The molecule has 0 aliphatic rings. The van der Waals surface area contributed by atoms with Crippen molar-refractivity contribution in [2.45, 2.75) is 26.8 Å². The first-order chi connectivity index (χ1) is 7.79. The summed E-state index contributed by atoms with van der Waals surface area (Å²) in [4.78, 5) is 8.26. The molecule has 4 heteroatoms. The van der Waals surface area contributed by atoms with Gasteiger partial charge in [-0.2, -0.15) is 0 Å². The third-order valence-electron chi connectivity index (χ3n) is 2.00. The van der Waals surface area contributed by atoms with Gasteiger partial charge in [-0.3, -0.25) is 0 Å². The smallest absolute Gasteiger partial charge is 0.141 e. The Morgan fingerprint density at radius 3 is 2.75 bits per heavy atom. The van der Waals surface area contributed by atoms with Crippen molar-refractivity contribution in [3.63, 3.8) is 0 Å². The van der Waals surface area contributed by atoms with Crippen molar-refractivity contribution >= 4 is 0 Å². The number of rotatable bonds is 8. The van der Waals surface area contributed by atoms with E-state index in [0.717, 1.165) is 38.5 Å². The van der Waals surface area contributed by atoms with Crippen LogP contribution < -0.4 is 5.32 Å². The van der Waals surface area contributed by atoms with E-state index in [2.05, 4.69) is 29.1 Å². The molecule has 90 valence electrons. The highest BCUT2D eigenvalue weighted by Gasteiger charge is 1.95. The van der Waals surface area contributed by atoms with Gasteiger partial charge in [-0.1, -0.05) is 13.8 Å². The van der Waals surface area contributed by atoms with E-state index < -0.39 is 0 Å². The van der Waals surface area contributed by atoms with Gasteiger partial charge in [0.25, 0.3) is 0 Å². The van der Waals surface area contributed by atoms with Crippen LogP contribution in [0.1, 0.15) is 26.1 Å². The lowest BCUT2D eigenvalue weighted by atomic mass is 10.2. The molecule has 0 bridgehead atoms. The Labute approximate surface area is 97.5 Å². The third kappa shape index (κ3) is 6.48. The fraction of sp³-hybridized carbons (Fsp3) is 0.667. The summed E-state index contributed by atoms with van der Waals surface area (Å²) in [6.07, 6.45) is 4.55. The minimum Gasteiger partial charge on any atom is -0.381 e. The van der Waals surface area contributed by atoms with Crippen LogP contribution in [0.5, 0.6) is 0 Å². The molecule has 1 N–H and O–H groups in total. The normalized spacial score (nSPS) is 10.9. The van der Waals surface area contributed by atoms with E-state index in [0.29, 0.717) is 5.92 Å². The van der Waals surface area contributed by atoms with Gasteiger partial charge in [0.15, 0.2) is 0 Å². The van der Waals surface area contributed by atoms with E-state index in [1.807, 2.05) is 6.07 Å². The highest BCUT2D eigenvalue weighted by molar-refractivity contribution is 4.87. The zero-order valence-corrected chi connectivity index (χ0v) is 10.1. The predicted octanol–water partition coefficient (Wildman–Crippen LogP) is 1.63. The van der Waals surface area contributed by atoms with Gasteiger partial charge in [-0.05, 0) is 24.9 Å². The Hall–Kier alpha value is -1.00. The fourth-order valence-electron chi connectivity index (χ4n) is 1.24. The van der Waals surface area contributed by atoms with Gasteiger partial charge in [0, 0.05) is 25.6 Å². The molecule has 0 spiro atoms. The van der Waals surface area contributed by atoms with E-state index in [1.165, 1.54) is 0 Å². The summed E-state index contributed by atoms with van der Waals surface area (Å²) in [6.45, 7) is 7.65. The van der Waals surface area contributed by atoms with Crippen LogP contribution in [0, 0.1) is 5.92 Å². The molecule has 0 aromatic carbocycles. The van der Waals surface area contributed by atoms with Gasteiger partial charge in [0.05, 0.1) is 6.54 Å². The lowest BCUT2D eigenvalue weighted by Crippen LogP contribution is -2.18. The molecular weight excluding hydrogens is 202 g/mol. The molecule has 0 aliphatic heterocycles. The number of ether oxygens (including phenoxy) is 1. The van der Waals surface area contributed by atoms with E-state index in [9.17, 15) is 0 Å². The number of nitrogens with one attached hydrogen (secondary N) is 1. The highest BCUT2D eigenvalue weighted by atomic mass is 16.5. The van der Waals surface area contributed by atoms with Gasteiger partial charge >= 0.3 is 0 Å². The Balaban J connectivity index is 1.93. The van der Waals surface area contributed by atoms with Crippen LogP contribution in [-0.4, -0.2) is 29.7 Å². The van der Waals surface area contributed by atoms with Crippen molar-refractivity contribution in [1.82, 2.24) is 15.3 Å². The van der Waals surface area contributed by atoms with Crippen LogP contribution in [0.15, 0.2) is 18.5 Å². The number of aromatic nitrogens is 2. The molecule has 0 saturated heterocycles. The average molecular weight is 223 g/mol. The molecule has 1 rings (SSSR count). The molecule has 0 atom stereocenters. The van der Waals surface area contributed by atoms with Gasteiger partial charge in [-0.25, -0.2) is 9.97 Å². The maximum Gasteiger partial charge on any atom is 0.141 e. The maximum absolute atomic E-state index is 5.48. The zero-order valence-electron chi connectivity index (χ0n) is 10.1. The second-order valence-electron chi connectivity index (χ2n) is 4.16. The summed E-state index contributed by atoms with van der Waals surface area (Å²) in [5.74, 6) is 1.45. The Kier molecular flexibility index (Phi) is 6.69. The summed E-state index contributed by atoms with van der Waals surface area (Å²) >= 11 is 0. The van der Waals surface area contributed by atoms with Crippen LogP contribution in [0.4, 0.5) is 0 Å². The lowest BCUT2D eigenvalue weighted by Gasteiger charge is -2.07. The van der Waals surface area contributed by atoms with E-state index >= 15 is 0 Å². The zero-order chi connectivity index (χ0) is 11.6. The molecule has 1 aromatic heterocycles. The van der Waals surface area contributed by atoms with Gasteiger partial charge in [-0.15, -0.1) is 0 Å². The van der Waals surface area contributed by atoms with E-state index in [1.54, 1.807) is 12.4 Å². The number of hydrogen-bond donors (Lipinski definition) is 1.